The minimum atomic E-state index is -4.92. The summed E-state index contributed by atoms with van der Waals surface area (Å²) in [6, 6.07) is 0. The largest absolute Gasteiger partial charge is 0.471 e. The molecule has 0 fully saturated rings. The molecule has 0 aliphatic carbocycles. The lowest BCUT2D eigenvalue weighted by Gasteiger charge is -2.17. The molecule has 0 saturated carbocycles. The first-order valence-electron chi connectivity index (χ1n) is 5.18. The van der Waals surface area contributed by atoms with Gasteiger partial charge in [0, 0.05) is 13.0 Å². The van der Waals surface area contributed by atoms with Gasteiger partial charge < -0.3 is 0 Å². The van der Waals surface area contributed by atoms with Gasteiger partial charge in [-0.1, -0.05) is 6.92 Å². The van der Waals surface area contributed by atoms with Gasteiger partial charge in [0.2, 0.25) is 5.95 Å². The molecule has 1 amide bonds. The van der Waals surface area contributed by atoms with Crippen molar-refractivity contribution in [2.24, 2.45) is 5.92 Å². The summed E-state index contributed by atoms with van der Waals surface area (Å²) >= 11 is 0. The number of anilines is 1. The Bertz CT molecular complexity index is 440. The van der Waals surface area contributed by atoms with Gasteiger partial charge in [-0.2, -0.15) is 18.2 Å². The summed E-state index contributed by atoms with van der Waals surface area (Å²) in [5, 5.41) is 5.48. The minimum Gasteiger partial charge on any atom is -0.285 e. The van der Waals surface area contributed by atoms with Gasteiger partial charge in [-0.3, -0.25) is 10.1 Å². The van der Waals surface area contributed by atoms with Gasteiger partial charge in [0.15, 0.2) is 0 Å². The summed E-state index contributed by atoms with van der Waals surface area (Å²) < 4.78 is 37.6. The van der Waals surface area contributed by atoms with E-state index in [0.717, 1.165) is 6.42 Å². The Morgan fingerprint density at radius 3 is 2.88 bits per heavy atom. The van der Waals surface area contributed by atoms with E-state index in [1.807, 2.05) is 6.92 Å². The topological polar surface area (TPSA) is 59.8 Å². The van der Waals surface area contributed by atoms with Crippen molar-refractivity contribution in [2.45, 2.75) is 32.5 Å². The van der Waals surface area contributed by atoms with E-state index < -0.39 is 12.1 Å². The molecular formula is C9H11F3N4O. The minimum absolute atomic E-state index is 0.281. The second-order valence-corrected chi connectivity index (χ2v) is 4.13. The van der Waals surface area contributed by atoms with Crippen LogP contribution >= 0.6 is 0 Å². The van der Waals surface area contributed by atoms with Gasteiger partial charge in [-0.05, 0) is 12.3 Å². The summed E-state index contributed by atoms with van der Waals surface area (Å²) in [5.41, 5.74) is 0. The quantitative estimate of drug-likeness (QED) is 0.816. The van der Waals surface area contributed by atoms with Crippen LogP contribution in [0.25, 0.3) is 0 Å². The molecule has 0 saturated heterocycles. The molecule has 5 nitrogen and oxygen atoms in total. The standard InChI is InChI=1S/C9H11F3N4O/c1-5-2-3-6-13-8(15-16(6)4-5)14-7(17)9(10,11)12/h5H,2-4H2,1H3,(H,14,15,17). The molecule has 1 aromatic rings. The summed E-state index contributed by atoms with van der Waals surface area (Å²) in [6.07, 6.45) is -3.33. The third-order valence-corrected chi connectivity index (χ3v) is 2.58. The average molecular weight is 248 g/mol. The molecule has 2 rings (SSSR count). The third-order valence-electron chi connectivity index (χ3n) is 2.58. The number of halogens is 3. The van der Waals surface area contributed by atoms with Crippen LogP contribution in [0.4, 0.5) is 19.1 Å². The normalized spacial score (nSPS) is 19.9. The highest BCUT2D eigenvalue weighted by Crippen LogP contribution is 2.20. The summed E-state index contributed by atoms with van der Waals surface area (Å²) in [5.74, 6) is -1.30. The Morgan fingerprint density at radius 1 is 1.53 bits per heavy atom. The lowest BCUT2D eigenvalue weighted by Crippen LogP contribution is -2.30. The van der Waals surface area contributed by atoms with Gasteiger partial charge >= 0.3 is 12.1 Å². The Labute approximate surface area is 95.0 Å². The summed E-state index contributed by atoms with van der Waals surface area (Å²) in [7, 11) is 0. The van der Waals surface area contributed by atoms with Gasteiger partial charge in [-0.15, -0.1) is 5.10 Å². The number of nitrogens with zero attached hydrogens (tertiary/aromatic N) is 3. The number of aryl methyl sites for hydroxylation is 1. The van der Waals surface area contributed by atoms with Crippen LogP contribution in [-0.4, -0.2) is 26.8 Å². The van der Waals surface area contributed by atoms with Gasteiger partial charge in [0.25, 0.3) is 0 Å². The molecule has 2 heterocycles. The number of alkyl halides is 3. The lowest BCUT2D eigenvalue weighted by atomic mass is 10.0. The van der Waals surface area contributed by atoms with Crippen LogP contribution in [0.2, 0.25) is 0 Å². The predicted molar refractivity (Wildman–Crippen MR) is 52.2 cm³/mol. The van der Waals surface area contributed by atoms with Crippen molar-refractivity contribution in [3.05, 3.63) is 5.82 Å². The van der Waals surface area contributed by atoms with Crippen molar-refractivity contribution < 1.29 is 18.0 Å². The fourth-order valence-electron chi connectivity index (χ4n) is 1.69. The molecule has 1 N–H and O–H groups in total. The number of aromatic nitrogens is 3. The van der Waals surface area contributed by atoms with Crippen LogP contribution in [-0.2, 0) is 17.8 Å². The van der Waals surface area contributed by atoms with Gasteiger partial charge in [0.1, 0.15) is 5.82 Å². The second-order valence-electron chi connectivity index (χ2n) is 4.13. The Hall–Kier alpha value is -1.60. The molecule has 1 atom stereocenters. The van der Waals surface area contributed by atoms with Crippen molar-refractivity contribution in [3.63, 3.8) is 0 Å². The SMILES string of the molecule is CC1CCc2nc(NC(=O)C(F)(F)F)nn2C1. The maximum Gasteiger partial charge on any atom is 0.471 e. The highest BCUT2D eigenvalue weighted by atomic mass is 19.4. The first-order valence-corrected chi connectivity index (χ1v) is 5.18. The number of carbonyl (C=O) groups is 1. The summed E-state index contributed by atoms with van der Waals surface area (Å²) in [6.45, 7) is 2.64. The molecule has 17 heavy (non-hydrogen) atoms. The maximum absolute atomic E-state index is 12.0. The number of fused-ring (bicyclic) bond motifs is 1. The van der Waals surface area contributed by atoms with E-state index in [1.54, 1.807) is 10.00 Å². The number of nitrogens with one attached hydrogen (secondary N) is 1. The highest BCUT2D eigenvalue weighted by molar-refractivity contribution is 5.93. The number of carbonyl (C=O) groups excluding carboxylic acids is 1. The van der Waals surface area contributed by atoms with E-state index in [4.69, 9.17) is 0 Å². The predicted octanol–water partition coefficient (Wildman–Crippen LogP) is 1.36. The van der Waals surface area contributed by atoms with E-state index in [2.05, 4.69) is 10.1 Å². The number of hydrogen-bond donors (Lipinski definition) is 1. The molecule has 0 bridgehead atoms. The zero-order valence-corrected chi connectivity index (χ0v) is 9.08. The van der Waals surface area contributed by atoms with Crippen LogP contribution in [0.3, 0.4) is 0 Å². The van der Waals surface area contributed by atoms with Crippen LogP contribution in [0.1, 0.15) is 19.2 Å². The maximum atomic E-state index is 12.0. The van der Waals surface area contributed by atoms with E-state index >= 15 is 0 Å². The smallest absolute Gasteiger partial charge is 0.285 e. The number of rotatable bonds is 1. The van der Waals surface area contributed by atoms with Crippen molar-refractivity contribution in [2.75, 3.05) is 5.32 Å². The van der Waals surface area contributed by atoms with E-state index in [-0.39, 0.29) is 5.95 Å². The van der Waals surface area contributed by atoms with Gasteiger partial charge in [-0.25, -0.2) is 4.68 Å². The summed E-state index contributed by atoms with van der Waals surface area (Å²) in [4.78, 5) is 14.5. The molecule has 0 spiro atoms. The fraction of sp³-hybridized carbons (Fsp3) is 0.667. The average Bonchev–Trinajstić information content (AvgIpc) is 2.57. The fourth-order valence-corrected chi connectivity index (χ4v) is 1.69. The molecule has 1 aromatic heterocycles. The molecule has 1 aliphatic rings. The van der Waals surface area contributed by atoms with Crippen LogP contribution < -0.4 is 5.32 Å². The van der Waals surface area contributed by atoms with Crippen LogP contribution in [0.5, 0.6) is 0 Å². The van der Waals surface area contributed by atoms with Crippen molar-refractivity contribution in [1.82, 2.24) is 14.8 Å². The molecule has 94 valence electrons. The Kier molecular flexibility index (Phi) is 2.80. The molecule has 0 aromatic carbocycles. The zero-order valence-electron chi connectivity index (χ0n) is 9.08. The van der Waals surface area contributed by atoms with E-state index in [1.165, 1.54) is 0 Å². The monoisotopic (exact) mass is 248 g/mol. The molecule has 8 heteroatoms. The van der Waals surface area contributed by atoms with Crippen molar-refractivity contribution in [1.29, 1.82) is 0 Å². The number of amides is 1. The zero-order chi connectivity index (χ0) is 12.6. The Morgan fingerprint density at radius 2 is 2.24 bits per heavy atom. The Balaban J connectivity index is 2.11. The van der Waals surface area contributed by atoms with E-state index in [0.29, 0.717) is 24.7 Å². The molecule has 1 unspecified atom stereocenters. The number of hydrogen-bond acceptors (Lipinski definition) is 3. The molecular weight excluding hydrogens is 237 g/mol. The first kappa shape index (κ1) is 11.9. The lowest BCUT2D eigenvalue weighted by molar-refractivity contribution is -0.167. The molecule has 0 radical (unpaired) electrons. The van der Waals surface area contributed by atoms with E-state index in [9.17, 15) is 18.0 Å². The first-order chi connectivity index (χ1) is 7.86. The van der Waals surface area contributed by atoms with Gasteiger partial charge in [0.05, 0.1) is 0 Å². The van der Waals surface area contributed by atoms with Crippen molar-refractivity contribution >= 4 is 11.9 Å². The third kappa shape index (κ3) is 2.56. The van der Waals surface area contributed by atoms with Crippen LogP contribution in [0, 0.1) is 5.92 Å². The second kappa shape index (κ2) is 4.01. The van der Waals surface area contributed by atoms with Crippen molar-refractivity contribution in [3.8, 4) is 0 Å². The molecule has 1 aliphatic heterocycles. The highest BCUT2D eigenvalue weighted by Gasteiger charge is 2.39. The van der Waals surface area contributed by atoms with Crippen LogP contribution in [0.15, 0.2) is 0 Å².